The third kappa shape index (κ3) is 2.72. The van der Waals surface area contributed by atoms with E-state index in [1.54, 1.807) is 11.9 Å². The highest BCUT2D eigenvalue weighted by atomic mass is 16.5. The minimum Gasteiger partial charge on any atom is -0.469 e. The van der Waals surface area contributed by atoms with Crippen LogP contribution in [0, 0.1) is 0 Å². The summed E-state index contributed by atoms with van der Waals surface area (Å²) >= 11 is 0. The fourth-order valence-electron chi connectivity index (χ4n) is 1.75. The molecule has 1 N–H and O–H groups in total. The molecule has 5 heteroatoms. The van der Waals surface area contributed by atoms with E-state index in [2.05, 4.69) is 10.1 Å². The minimum absolute atomic E-state index is 0.0482. The summed E-state index contributed by atoms with van der Waals surface area (Å²) in [6, 6.07) is -0.459. The van der Waals surface area contributed by atoms with Crippen LogP contribution in [0.15, 0.2) is 0 Å². The Balaban J connectivity index is 2.74. The second-order valence-corrected chi connectivity index (χ2v) is 4.75. The molecule has 0 aliphatic carbocycles. The number of carbonyl (C=O) groups excluding carboxylic acids is 2. The number of likely N-dealkylation sites (N-methyl/N-ethyl adjacent to an activating group) is 1. The number of hydrogen-bond donors (Lipinski definition) is 1. The van der Waals surface area contributed by atoms with Crippen LogP contribution in [0.5, 0.6) is 0 Å². The molecule has 0 bridgehead atoms. The first-order valence-corrected chi connectivity index (χ1v) is 5.46. The zero-order valence-electron chi connectivity index (χ0n) is 10.4. The lowest BCUT2D eigenvalue weighted by molar-refractivity contribution is -0.145. The van der Waals surface area contributed by atoms with Gasteiger partial charge in [-0.05, 0) is 26.8 Å². The molecule has 1 fully saturated rings. The maximum Gasteiger partial charge on any atom is 0.307 e. The summed E-state index contributed by atoms with van der Waals surface area (Å²) in [6.45, 7) is 4.77. The molecule has 1 heterocycles. The molecule has 1 aliphatic heterocycles. The first-order chi connectivity index (χ1) is 7.38. The van der Waals surface area contributed by atoms with Gasteiger partial charge in [-0.3, -0.25) is 9.59 Å². The van der Waals surface area contributed by atoms with Crippen LogP contribution in [0.1, 0.15) is 26.7 Å². The van der Waals surface area contributed by atoms with Gasteiger partial charge in [0.2, 0.25) is 5.91 Å². The van der Waals surface area contributed by atoms with Crippen LogP contribution < -0.4 is 5.32 Å². The van der Waals surface area contributed by atoms with Gasteiger partial charge in [0, 0.05) is 12.6 Å². The molecule has 16 heavy (non-hydrogen) atoms. The van der Waals surface area contributed by atoms with Gasteiger partial charge in [-0.2, -0.15) is 0 Å². The first kappa shape index (κ1) is 13.0. The molecular formula is C11H20N2O3. The van der Waals surface area contributed by atoms with Gasteiger partial charge in [0.25, 0.3) is 0 Å². The molecule has 0 radical (unpaired) electrons. The zero-order valence-corrected chi connectivity index (χ0v) is 10.4. The fraction of sp³-hybridized carbons (Fsp3) is 0.818. The van der Waals surface area contributed by atoms with Crippen molar-refractivity contribution in [3.63, 3.8) is 0 Å². The SMILES string of the molecule is COC(=O)CC1NCCC(C)(C)N(C)C1=O. The molecule has 0 aromatic carbocycles. The van der Waals surface area contributed by atoms with E-state index in [4.69, 9.17) is 0 Å². The summed E-state index contributed by atoms with van der Waals surface area (Å²) in [7, 11) is 3.11. The Morgan fingerprint density at radius 1 is 1.62 bits per heavy atom. The number of ether oxygens (including phenoxy) is 1. The molecule has 0 saturated carbocycles. The fourth-order valence-corrected chi connectivity index (χ4v) is 1.75. The molecular weight excluding hydrogens is 208 g/mol. The minimum atomic E-state index is -0.459. The van der Waals surface area contributed by atoms with Crippen LogP contribution in [0.2, 0.25) is 0 Å². The monoisotopic (exact) mass is 228 g/mol. The Morgan fingerprint density at radius 3 is 2.81 bits per heavy atom. The summed E-state index contributed by atoms with van der Waals surface area (Å²) in [5.41, 5.74) is -0.172. The van der Waals surface area contributed by atoms with Crippen LogP contribution in [-0.4, -0.2) is 49.1 Å². The zero-order chi connectivity index (χ0) is 12.3. The number of hydrogen-bond acceptors (Lipinski definition) is 4. The molecule has 0 spiro atoms. The van der Waals surface area contributed by atoms with E-state index in [0.29, 0.717) is 0 Å². The Hall–Kier alpha value is -1.10. The van der Waals surface area contributed by atoms with Crippen molar-refractivity contribution < 1.29 is 14.3 Å². The Kier molecular flexibility index (Phi) is 3.91. The second kappa shape index (κ2) is 4.82. The van der Waals surface area contributed by atoms with Crippen molar-refractivity contribution in [2.75, 3.05) is 20.7 Å². The average molecular weight is 228 g/mol. The smallest absolute Gasteiger partial charge is 0.307 e. The summed E-state index contributed by atoms with van der Waals surface area (Å²) in [5, 5.41) is 3.09. The Bertz CT molecular complexity index is 289. The van der Waals surface area contributed by atoms with Gasteiger partial charge in [-0.1, -0.05) is 0 Å². The molecule has 1 rings (SSSR count). The average Bonchev–Trinajstić information content (AvgIpc) is 2.32. The lowest BCUT2D eigenvalue weighted by Crippen LogP contribution is -2.49. The van der Waals surface area contributed by atoms with Crippen molar-refractivity contribution in [1.29, 1.82) is 0 Å². The predicted molar refractivity (Wildman–Crippen MR) is 59.9 cm³/mol. The molecule has 0 aromatic rings. The summed E-state index contributed by atoms with van der Waals surface area (Å²) in [4.78, 5) is 24.9. The third-order valence-electron chi connectivity index (χ3n) is 3.26. The molecule has 1 atom stereocenters. The predicted octanol–water partition coefficient (Wildman–Crippen LogP) is 0.148. The van der Waals surface area contributed by atoms with Crippen LogP contribution in [-0.2, 0) is 14.3 Å². The van der Waals surface area contributed by atoms with E-state index in [1.165, 1.54) is 7.11 Å². The largest absolute Gasteiger partial charge is 0.469 e. The highest BCUT2D eigenvalue weighted by molar-refractivity contribution is 5.87. The van der Waals surface area contributed by atoms with Gasteiger partial charge >= 0.3 is 5.97 Å². The molecule has 0 aromatic heterocycles. The standard InChI is InChI=1S/C11H20N2O3/c1-11(2)5-6-12-8(7-9(14)16-4)10(15)13(11)3/h8,12H,5-7H2,1-4H3. The molecule has 1 saturated heterocycles. The molecule has 5 nitrogen and oxygen atoms in total. The highest BCUT2D eigenvalue weighted by Crippen LogP contribution is 2.21. The van der Waals surface area contributed by atoms with Crippen molar-refractivity contribution in [2.24, 2.45) is 0 Å². The van der Waals surface area contributed by atoms with E-state index in [9.17, 15) is 9.59 Å². The van der Waals surface area contributed by atoms with Crippen LogP contribution in [0.4, 0.5) is 0 Å². The van der Waals surface area contributed by atoms with Gasteiger partial charge in [0.15, 0.2) is 0 Å². The highest BCUT2D eigenvalue weighted by Gasteiger charge is 2.35. The van der Waals surface area contributed by atoms with E-state index < -0.39 is 6.04 Å². The van der Waals surface area contributed by atoms with E-state index in [1.807, 2.05) is 13.8 Å². The first-order valence-electron chi connectivity index (χ1n) is 5.46. The van der Waals surface area contributed by atoms with Crippen molar-refractivity contribution in [3.8, 4) is 0 Å². The van der Waals surface area contributed by atoms with Gasteiger partial charge < -0.3 is 15.0 Å². The van der Waals surface area contributed by atoms with Crippen molar-refractivity contribution in [1.82, 2.24) is 10.2 Å². The maximum absolute atomic E-state index is 12.1. The van der Waals surface area contributed by atoms with E-state index >= 15 is 0 Å². The van der Waals surface area contributed by atoms with Crippen molar-refractivity contribution in [2.45, 2.75) is 38.3 Å². The molecule has 1 unspecified atom stereocenters. The number of amides is 1. The summed E-state index contributed by atoms with van der Waals surface area (Å²) in [6.07, 6.45) is 0.961. The summed E-state index contributed by atoms with van der Waals surface area (Å²) in [5.74, 6) is -0.410. The molecule has 92 valence electrons. The number of carbonyl (C=O) groups is 2. The third-order valence-corrected chi connectivity index (χ3v) is 3.26. The van der Waals surface area contributed by atoms with Crippen LogP contribution in [0.25, 0.3) is 0 Å². The van der Waals surface area contributed by atoms with Gasteiger partial charge in [-0.15, -0.1) is 0 Å². The lowest BCUT2D eigenvalue weighted by Gasteiger charge is -2.34. The second-order valence-electron chi connectivity index (χ2n) is 4.75. The Labute approximate surface area is 96.1 Å². The van der Waals surface area contributed by atoms with E-state index in [-0.39, 0.29) is 23.8 Å². The summed E-state index contributed by atoms with van der Waals surface area (Å²) < 4.78 is 4.58. The molecule has 1 amide bonds. The number of esters is 1. The van der Waals surface area contributed by atoms with Gasteiger partial charge in [-0.25, -0.2) is 0 Å². The number of nitrogens with one attached hydrogen (secondary N) is 1. The van der Waals surface area contributed by atoms with Gasteiger partial charge in [0.1, 0.15) is 0 Å². The van der Waals surface area contributed by atoms with Crippen molar-refractivity contribution in [3.05, 3.63) is 0 Å². The lowest BCUT2D eigenvalue weighted by atomic mass is 9.99. The Morgan fingerprint density at radius 2 is 2.25 bits per heavy atom. The normalized spacial score (nSPS) is 25.1. The topological polar surface area (TPSA) is 58.6 Å². The number of nitrogens with zero attached hydrogens (tertiary/aromatic N) is 1. The van der Waals surface area contributed by atoms with Crippen LogP contribution >= 0.6 is 0 Å². The van der Waals surface area contributed by atoms with Crippen LogP contribution in [0.3, 0.4) is 0 Å². The van der Waals surface area contributed by atoms with Crippen molar-refractivity contribution >= 4 is 11.9 Å². The van der Waals surface area contributed by atoms with Gasteiger partial charge in [0.05, 0.1) is 19.6 Å². The molecule has 1 aliphatic rings. The quantitative estimate of drug-likeness (QED) is 0.683. The van der Waals surface area contributed by atoms with E-state index in [0.717, 1.165) is 13.0 Å². The maximum atomic E-state index is 12.1. The number of rotatable bonds is 2. The number of methoxy groups -OCH3 is 1.